The van der Waals surface area contributed by atoms with Gasteiger partial charge in [-0.05, 0) is 43.5 Å². The molecule has 0 aromatic heterocycles. The van der Waals surface area contributed by atoms with Crippen LogP contribution in [0.5, 0.6) is 0 Å². The third-order valence-electron chi connectivity index (χ3n) is 2.44. The van der Waals surface area contributed by atoms with Crippen molar-refractivity contribution in [1.82, 2.24) is 5.32 Å². The largest absolute Gasteiger partial charge is 0.395 e. The average molecular weight is 218 g/mol. The second kappa shape index (κ2) is 7.86. The van der Waals surface area contributed by atoms with Crippen molar-refractivity contribution in [1.29, 1.82) is 5.26 Å². The second-order valence-corrected chi connectivity index (χ2v) is 3.74. The van der Waals surface area contributed by atoms with Crippen molar-refractivity contribution in [2.45, 2.75) is 19.3 Å². The molecule has 0 spiro atoms. The molecule has 0 amide bonds. The van der Waals surface area contributed by atoms with E-state index in [1.54, 1.807) is 0 Å². The van der Waals surface area contributed by atoms with Gasteiger partial charge in [0, 0.05) is 6.54 Å². The summed E-state index contributed by atoms with van der Waals surface area (Å²) in [4.78, 5) is 0. The minimum atomic E-state index is 0.204. The average Bonchev–Trinajstić information content (AvgIpc) is 2.34. The van der Waals surface area contributed by atoms with Crippen LogP contribution >= 0.6 is 0 Å². The molecule has 0 aliphatic heterocycles. The Hall–Kier alpha value is -1.37. The number of nitrogens with zero attached hydrogens (tertiary/aromatic N) is 1. The first-order valence-electron chi connectivity index (χ1n) is 5.67. The van der Waals surface area contributed by atoms with Crippen LogP contribution in [0.2, 0.25) is 0 Å². The number of hydrogen-bond acceptors (Lipinski definition) is 3. The molecule has 3 nitrogen and oxygen atoms in total. The Morgan fingerprint density at radius 3 is 2.50 bits per heavy atom. The highest BCUT2D eigenvalue weighted by Crippen LogP contribution is 2.06. The van der Waals surface area contributed by atoms with Crippen LogP contribution in [0.15, 0.2) is 24.3 Å². The molecule has 0 atom stereocenters. The maximum atomic E-state index is 8.65. The molecule has 3 heteroatoms. The fourth-order valence-corrected chi connectivity index (χ4v) is 1.53. The summed E-state index contributed by atoms with van der Waals surface area (Å²) in [7, 11) is 0. The van der Waals surface area contributed by atoms with Crippen molar-refractivity contribution in [3.63, 3.8) is 0 Å². The topological polar surface area (TPSA) is 56.0 Å². The van der Waals surface area contributed by atoms with Gasteiger partial charge in [-0.3, -0.25) is 0 Å². The van der Waals surface area contributed by atoms with Crippen molar-refractivity contribution in [3.05, 3.63) is 35.4 Å². The molecule has 0 aliphatic carbocycles. The van der Waals surface area contributed by atoms with Crippen LogP contribution in [0.25, 0.3) is 0 Å². The Bertz CT molecular complexity index is 327. The number of nitrogens with one attached hydrogen (secondary N) is 1. The van der Waals surface area contributed by atoms with Crippen molar-refractivity contribution in [2.24, 2.45) is 0 Å². The molecule has 86 valence electrons. The summed E-state index contributed by atoms with van der Waals surface area (Å²) in [6.07, 6.45) is 3.29. The summed E-state index contributed by atoms with van der Waals surface area (Å²) in [6, 6.07) is 9.86. The Morgan fingerprint density at radius 2 is 1.88 bits per heavy atom. The van der Waals surface area contributed by atoms with Crippen LogP contribution in [-0.2, 0) is 6.42 Å². The lowest BCUT2D eigenvalue weighted by Crippen LogP contribution is -2.19. The number of aliphatic hydroxyl groups excluding tert-OH is 1. The van der Waals surface area contributed by atoms with Gasteiger partial charge in [-0.2, -0.15) is 5.26 Å². The van der Waals surface area contributed by atoms with E-state index in [4.69, 9.17) is 10.4 Å². The number of benzene rings is 1. The van der Waals surface area contributed by atoms with Gasteiger partial charge < -0.3 is 10.4 Å². The van der Waals surface area contributed by atoms with Gasteiger partial charge in [0.05, 0.1) is 18.2 Å². The summed E-state index contributed by atoms with van der Waals surface area (Å²) in [5.41, 5.74) is 1.99. The normalized spacial score (nSPS) is 10.0. The highest BCUT2D eigenvalue weighted by atomic mass is 16.3. The quantitative estimate of drug-likeness (QED) is 0.681. The molecule has 2 N–H and O–H groups in total. The number of nitriles is 1. The van der Waals surface area contributed by atoms with E-state index >= 15 is 0 Å². The molecule has 1 aromatic rings. The fraction of sp³-hybridized carbons (Fsp3) is 0.462. The molecule has 16 heavy (non-hydrogen) atoms. The van der Waals surface area contributed by atoms with Gasteiger partial charge in [-0.25, -0.2) is 0 Å². The summed E-state index contributed by atoms with van der Waals surface area (Å²) in [6.45, 7) is 1.84. The molecule has 1 rings (SSSR count). The van der Waals surface area contributed by atoms with Crippen LogP contribution in [0, 0.1) is 11.3 Å². The highest BCUT2D eigenvalue weighted by Gasteiger charge is 1.94. The standard InChI is InChI=1S/C13H18N2O/c14-11-13-6-4-12(5-7-13)3-1-2-8-15-9-10-16/h4-7,15-16H,1-3,8-10H2. The van der Waals surface area contributed by atoms with E-state index in [0.717, 1.165) is 25.8 Å². The first-order chi connectivity index (χ1) is 7.86. The summed E-state index contributed by atoms with van der Waals surface area (Å²) >= 11 is 0. The zero-order valence-corrected chi connectivity index (χ0v) is 9.45. The van der Waals surface area contributed by atoms with Gasteiger partial charge in [0.2, 0.25) is 0 Å². The number of aryl methyl sites for hydroxylation is 1. The molecular formula is C13H18N2O. The number of hydrogen-bond donors (Lipinski definition) is 2. The predicted octanol–water partition coefficient (Wildman–Crippen LogP) is 1.46. The van der Waals surface area contributed by atoms with Gasteiger partial charge in [-0.15, -0.1) is 0 Å². The molecule has 0 unspecified atom stereocenters. The third kappa shape index (κ3) is 4.92. The molecular weight excluding hydrogens is 200 g/mol. The van der Waals surface area contributed by atoms with Crippen molar-refractivity contribution in [3.8, 4) is 6.07 Å². The summed E-state index contributed by atoms with van der Waals surface area (Å²) < 4.78 is 0. The van der Waals surface area contributed by atoms with Crippen LogP contribution < -0.4 is 5.32 Å². The smallest absolute Gasteiger partial charge is 0.0991 e. The fourth-order valence-electron chi connectivity index (χ4n) is 1.53. The maximum absolute atomic E-state index is 8.65. The van der Waals surface area contributed by atoms with E-state index < -0.39 is 0 Å². The third-order valence-corrected chi connectivity index (χ3v) is 2.44. The van der Waals surface area contributed by atoms with Crippen molar-refractivity contribution in [2.75, 3.05) is 19.7 Å². The van der Waals surface area contributed by atoms with Crippen molar-refractivity contribution >= 4 is 0 Å². The molecule has 0 bridgehead atoms. The monoisotopic (exact) mass is 218 g/mol. The maximum Gasteiger partial charge on any atom is 0.0991 e. The molecule has 0 saturated heterocycles. The molecule has 0 heterocycles. The summed E-state index contributed by atoms with van der Waals surface area (Å²) in [5, 5.41) is 20.4. The summed E-state index contributed by atoms with van der Waals surface area (Å²) in [5.74, 6) is 0. The Labute approximate surface area is 96.7 Å². The number of aliphatic hydroxyl groups is 1. The minimum Gasteiger partial charge on any atom is -0.395 e. The zero-order valence-electron chi connectivity index (χ0n) is 9.45. The van der Waals surface area contributed by atoms with E-state index in [2.05, 4.69) is 11.4 Å². The molecule has 0 radical (unpaired) electrons. The van der Waals surface area contributed by atoms with Crippen LogP contribution in [0.1, 0.15) is 24.0 Å². The van der Waals surface area contributed by atoms with E-state index in [-0.39, 0.29) is 6.61 Å². The minimum absolute atomic E-state index is 0.204. The first kappa shape index (κ1) is 12.7. The van der Waals surface area contributed by atoms with Gasteiger partial charge in [0.1, 0.15) is 0 Å². The number of rotatable bonds is 7. The molecule has 0 saturated carbocycles. The lowest BCUT2D eigenvalue weighted by atomic mass is 10.1. The lowest BCUT2D eigenvalue weighted by Gasteiger charge is -2.03. The predicted molar refractivity (Wildman–Crippen MR) is 64.1 cm³/mol. The highest BCUT2D eigenvalue weighted by molar-refractivity contribution is 5.31. The second-order valence-electron chi connectivity index (χ2n) is 3.74. The SMILES string of the molecule is N#Cc1ccc(CCCCNCCO)cc1. The molecule has 1 aromatic carbocycles. The van der Waals surface area contributed by atoms with Crippen molar-refractivity contribution < 1.29 is 5.11 Å². The van der Waals surface area contributed by atoms with Crippen LogP contribution in [0.3, 0.4) is 0 Å². The number of unbranched alkanes of at least 4 members (excludes halogenated alkanes) is 1. The van der Waals surface area contributed by atoms with E-state index in [0.29, 0.717) is 12.1 Å². The van der Waals surface area contributed by atoms with Gasteiger partial charge in [0.25, 0.3) is 0 Å². The first-order valence-corrected chi connectivity index (χ1v) is 5.67. The van der Waals surface area contributed by atoms with Gasteiger partial charge in [0.15, 0.2) is 0 Å². The van der Waals surface area contributed by atoms with Gasteiger partial charge in [-0.1, -0.05) is 12.1 Å². The molecule has 0 fully saturated rings. The Morgan fingerprint density at radius 1 is 1.12 bits per heavy atom. The zero-order chi connectivity index (χ0) is 11.6. The Balaban J connectivity index is 2.15. The van der Waals surface area contributed by atoms with Gasteiger partial charge >= 0.3 is 0 Å². The lowest BCUT2D eigenvalue weighted by molar-refractivity contribution is 0.292. The van der Waals surface area contributed by atoms with E-state index in [1.165, 1.54) is 5.56 Å². The van der Waals surface area contributed by atoms with Crippen LogP contribution in [0.4, 0.5) is 0 Å². The van der Waals surface area contributed by atoms with E-state index in [9.17, 15) is 0 Å². The van der Waals surface area contributed by atoms with E-state index in [1.807, 2.05) is 24.3 Å². The Kier molecular flexibility index (Phi) is 6.24. The van der Waals surface area contributed by atoms with Crippen LogP contribution in [-0.4, -0.2) is 24.8 Å². The molecule has 0 aliphatic rings.